The molecule has 0 radical (unpaired) electrons. The van der Waals surface area contributed by atoms with E-state index in [9.17, 15) is 8.42 Å². The van der Waals surface area contributed by atoms with Gasteiger partial charge >= 0.3 is 10.1 Å². The molecule has 0 atom stereocenters. The van der Waals surface area contributed by atoms with Crippen LogP contribution in [0.25, 0.3) is 11.4 Å². The van der Waals surface area contributed by atoms with Crippen LogP contribution in [-0.4, -0.2) is 36.4 Å². The summed E-state index contributed by atoms with van der Waals surface area (Å²) in [5, 5.41) is 8.64. The minimum atomic E-state index is -4.00. The fourth-order valence-electron chi connectivity index (χ4n) is 3.71. The Labute approximate surface area is 174 Å². The molecule has 0 saturated carbocycles. The summed E-state index contributed by atoms with van der Waals surface area (Å²) in [7, 11) is -4.00. The van der Waals surface area contributed by atoms with Crippen molar-refractivity contribution < 1.29 is 22.1 Å². The monoisotopic (exact) mass is 427 g/mol. The third kappa shape index (κ3) is 3.60. The number of hydrogen-bond acceptors (Lipinski definition) is 7. The Morgan fingerprint density at radius 1 is 0.900 bits per heavy atom. The van der Waals surface area contributed by atoms with E-state index in [-0.39, 0.29) is 10.6 Å². The molecule has 0 spiro atoms. The van der Waals surface area contributed by atoms with E-state index >= 15 is 0 Å². The van der Waals surface area contributed by atoms with Gasteiger partial charge in [-0.2, -0.15) is 8.42 Å². The molecule has 0 bridgehead atoms. The zero-order valence-corrected chi connectivity index (χ0v) is 17.1. The SMILES string of the molecule is O=S(=O)(Oc1ccc(-c2nnc3n2CCCCC3)cc1)c1ccc2c(c1)OCCO2. The van der Waals surface area contributed by atoms with Crippen molar-refractivity contribution in [1.82, 2.24) is 14.8 Å². The number of aromatic nitrogens is 3. The number of rotatable bonds is 4. The van der Waals surface area contributed by atoms with Crippen LogP contribution in [0.2, 0.25) is 0 Å². The highest BCUT2D eigenvalue weighted by molar-refractivity contribution is 7.87. The van der Waals surface area contributed by atoms with Gasteiger partial charge in [-0.25, -0.2) is 0 Å². The topological polar surface area (TPSA) is 92.5 Å². The second kappa shape index (κ2) is 7.64. The maximum absolute atomic E-state index is 12.7. The van der Waals surface area contributed by atoms with Crippen LogP contribution in [-0.2, 0) is 23.1 Å². The maximum Gasteiger partial charge on any atom is 0.339 e. The van der Waals surface area contributed by atoms with E-state index in [2.05, 4.69) is 14.8 Å². The molecule has 9 heteroatoms. The van der Waals surface area contributed by atoms with Gasteiger partial charge in [-0.3, -0.25) is 0 Å². The lowest BCUT2D eigenvalue weighted by Gasteiger charge is -2.18. The molecular weight excluding hydrogens is 406 g/mol. The van der Waals surface area contributed by atoms with E-state index in [4.69, 9.17) is 13.7 Å². The smallest absolute Gasteiger partial charge is 0.339 e. The van der Waals surface area contributed by atoms with Crippen molar-refractivity contribution in [2.45, 2.75) is 37.1 Å². The zero-order chi connectivity index (χ0) is 20.6. The highest BCUT2D eigenvalue weighted by Gasteiger charge is 2.22. The molecule has 30 heavy (non-hydrogen) atoms. The Morgan fingerprint density at radius 2 is 1.70 bits per heavy atom. The lowest BCUT2D eigenvalue weighted by molar-refractivity contribution is 0.171. The summed E-state index contributed by atoms with van der Waals surface area (Å²) in [6, 6.07) is 11.3. The van der Waals surface area contributed by atoms with Gasteiger partial charge in [0.1, 0.15) is 29.7 Å². The van der Waals surface area contributed by atoms with Gasteiger partial charge in [0.2, 0.25) is 0 Å². The Morgan fingerprint density at radius 3 is 2.53 bits per heavy atom. The highest BCUT2D eigenvalue weighted by Crippen LogP contribution is 2.33. The number of ether oxygens (including phenoxy) is 2. The Bertz CT molecular complexity index is 1170. The van der Waals surface area contributed by atoms with Crippen LogP contribution in [0.3, 0.4) is 0 Å². The Balaban J connectivity index is 1.37. The Kier molecular flexibility index (Phi) is 4.82. The summed E-state index contributed by atoms with van der Waals surface area (Å²) in [5.41, 5.74) is 0.875. The van der Waals surface area contributed by atoms with Crippen LogP contribution >= 0.6 is 0 Å². The van der Waals surface area contributed by atoms with Crippen LogP contribution in [0.5, 0.6) is 17.2 Å². The average molecular weight is 427 g/mol. The summed E-state index contributed by atoms with van der Waals surface area (Å²) < 4.78 is 43.7. The molecule has 2 aliphatic heterocycles. The molecule has 0 fully saturated rings. The minimum absolute atomic E-state index is 0.0126. The zero-order valence-electron chi connectivity index (χ0n) is 16.3. The molecule has 0 saturated heterocycles. The summed E-state index contributed by atoms with van der Waals surface area (Å²) >= 11 is 0. The summed E-state index contributed by atoms with van der Waals surface area (Å²) in [4.78, 5) is 0.0126. The van der Waals surface area contributed by atoms with Crippen molar-refractivity contribution in [1.29, 1.82) is 0 Å². The van der Waals surface area contributed by atoms with Crippen LogP contribution in [0.15, 0.2) is 47.4 Å². The molecule has 3 heterocycles. The molecule has 0 N–H and O–H groups in total. The first-order valence-electron chi connectivity index (χ1n) is 9.97. The molecular formula is C21H21N3O5S. The third-order valence-corrected chi connectivity index (χ3v) is 6.47. The number of hydrogen-bond donors (Lipinski definition) is 0. The number of fused-ring (bicyclic) bond motifs is 2. The molecule has 8 nitrogen and oxygen atoms in total. The molecule has 0 aliphatic carbocycles. The van der Waals surface area contributed by atoms with Crippen molar-refractivity contribution in [2.75, 3.05) is 13.2 Å². The maximum atomic E-state index is 12.7. The van der Waals surface area contributed by atoms with Gasteiger partial charge in [0.15, 0.2) is 17.3 Å². The number of aryl methyl sites for hydroxylation is 1. The van der Waals surface area contributed by atoms with Gasteiger partial charge < -0.3 is 18.2 Å². The van der Waals surface area contributed by atoms with Gasteiger partial charge in [0.05, 0.1) is 0 Å². The van der Waals surface area contributed by atoms with Crippen LogP contribution in [0, 0.1) is 0 Å². The van der Waals surface area contributed by atoms with Crippen LogP contribution in [0.1, 0.15) is 25.1 Å². The first-order chi connectivity index (χ1) is 14.6. The number of benzene rings is 2. The lowest BCUT2D eigenvalue weighted by atomic mass is 10.2. The number of nitrogens with zero attached hydrogens (tertiary/aromatic N) is 3. The Hall–Kier alpha value is -3.07. The molecule has 2 aliphatic rings. The minimum Gasteiger partial charge on any atom is -0.486 e. The molecule has 156 valence electrons. The summed E-state index contributed by atoms with van der Waals surface area (Å²) in [6.07, 6.45) is 4.35. The molecule has 2 aromatic carbocycles. The van der Waals surface area contributed by atoms with E-state index in [1.165, 1.54) is 18.6 Å². The fraction of sp³-hybridized carbons (Fsp3) is 0.333. The average Bonchev–Trinajstić information content (AvgIpc) is 3.01. The van der Waals surface area contributed by atoms with Crippen molar-refractivity contribution in [3.8, 4) is 28.6 Å². The van der Waals surface area contributed by atoms with E-state index in [0.717, 1.165) is 43.0 Å². The van der Waals surface area contributed by atoms with E-state index in [0.29, 0.717) is 24.7 Å². The normalized spacial score (nSPS) is 15.9. The van der Waals surface area contributed by atoms with E-state index in [1.54, 1.807) is 30.3 Å². The standard InChI is InChI=1S/C21H21N3O5S/c25-30(26,17-9-10-18-19(14-17)28-13-12-27-18)29-16-7-5-15(6-8-16)21-23-22-20-4-2-1-3-11-24(20)21/h5-10,14H,1-4,11-13H2. The summed E-state index contributed by atoms with van der Waals surface area (Å²) in [5.74, 6) is 2.95. The quantitative estimate of drug-likeness (QED) is 0.590. The van der Waals surface area contributed by atoms with E-state index < -0.39 is 10.1 Å². The molecule has 0 amide bonds. The fourth-order valence-corrected chi connectivity index (χ4v) is 4.66. The predicted octanol–water partition coefficient (Wildman–Crippen LogP) is 3.21. The third-order valence-electron chi connectivity index (χ3n) is 5.23. The van der Waals surface area contributed by atoms with Gasteiger partial charge in [0.25, 0.3) is 0 Å². The van der Waals surface area contributed by atoms with Crippen molar-refractivity contribution in [2.24, 2.45) is 0 Å². The van der Waals surface area contributed by atoms with Crippen LogP contribution in [0.4, 0.5) is 0 Å². The van der Waals surface area contributed by atoms with Gasteiger partial charge in [-0.15, -0.1) is 10.2 Å². The molecule has 5 rings (SSSR count). The highest BCUT2D eigenvalue weighted by atomic mass is 32.2. The lowest BCUT2D eigenvalue weighted by Crippen LogP contribution is -2.16. The molecule has 3 aromatic rings. The van der Waals surface area contributed by atoms with Gasteiger partial charge in [-0.05, 0) is 49.2 Å². The van der Waals surface area contributed by atoms with E-state index in [1.807, 2.05) is 0 Å². The predicted molar refractivity (Wildman–Crippen MR) is 108 cm³/mol. The molecule has 1 aromatic heterocycles. The molecule has 0 unspecified atom stereocenters. The van der Waals surface area contributed by atoms with Crippen LogP contribution < -0.4 is 13.7 Å². The second-order valence-corrected chi connectivity index (χ2v) is 8.82. The van der Waals surface area contributed by atoms with Crippen molar-refractivity contribution >= 4 is 10.1 Å². The second-order valence-electron chi connectivity index (χ2n) is 7.27. The van der Waals surface area contributed by atoms with Crippen molar-refractivity contribution in [3.63, 3.8) is 0 Å². The van der Waals surface area contributed by atoms with Gasteiger partial charge in [-0.1, -0.05) is 6.42 Å². The largest absolute Gasteiger partial charge is 0.486 e. The first kappa shape index (κ1) is 18.9. The van der Waals surface area contributed by atoms with Crippen molar-refractivity contribution in [3.05, 3.63) is 48.3 Å². The summed E-state index contributed by atoms with van der Waals surface area (Å²) in [6.45, 7) is 1.72. The van der Waals surface area contributed by atoms with Gasteiger partial charge in [0, 0.05) is 24.6 Å². The first-order valence-corrected chi connectivity index (χ1v) is 11.4.